The Morgan fingerprint density at radius 1 is 0.778 bits per heavy atom. The van der Waals surface area contributed by atoms with Crippen LogP contribution in [-0.4, -0.2) is 80.7 Å². The number of para-hydroxylation sites is 2. The fraction of sp³-hybridized carbons (Fsp3) is 0.375. The minimum absolute atomic E-state index is 0.00915. The number of aromatic nitrogens is 2. The molecule has 0 saturated heterocycles. The number of carboxylic acid groups (broad SMARTS) is 1. The molecule has 240 valence electrons. The molecule has 0 radical (unpaired) electrons. The fourth-order valence-electron chi connectivity index (χ4n) is 5.31. The average molecular weight is 620 g/mol. The quantitative estimate of drug-likeness (QED) is 0.0813. The lowest BCUT2D eigenvalue weighted by atomic mass is 10.0. The maximum atomic E-state index is 13.4. The lowest BCUT2D eigenvalue weighted by molar-refractivity contribution is -0.142. The van der Waals surface area contributed by atoms with E-state index in [0.29, 0.717) is 24.9 Å². The molecule has 0 bridgehead atoms. The largest absolute Gasteiger partial charge is 0.480 e. The van der Waals surface area contributed by atoms with Gasteiger partial charge in [-0.1, -0.05) is 36.4 Å². The van der Waals surface area contributed by atoms with Gasteiger partial charge in [0.1, 0.15) is 18.1 Å². The zero-order valence-electron chi connectivity index (χ0n) is 25.1. The first-order valence-corrected chi connectivity index (χ1v) is 15.0. The highest BCUT2D eigenvalue weighted by Crippen LogP contribution is 2.20. The second-order valence-corrected chi connectivity index (χ2v) is 11.2. The van der Waals surface area contributed by atoms with E-state index in [1.165, 1.54) is 6.92 Å². The number of aromatic amines is 2. The van der Waals surface area contributed by atoms with Crippen LogP contribution >= 0.6 is 0 Å². The number of aliphatic hydroxyl groups excluding tert-OH is 1. The number of aliphatic carboxylic acids is 1. The van der Waals surface area contributed by atoms with Crippen LogP contribution in [0, 0.1) is 0 Å². The van der Waals surface area contributed by atoms with Gasteiger partial charge in [-0.2, -0.15) is 0 Å². The molecule has 0 saturated carbocycles. The molecule has 0 fully saturated rings. The van der Waals surface area contributed by atoms with E-state index in [9.17, 15) is 29.4 Å². The predicted molar refractivity (Wildman–Crippen MR) is 170 cm³/mol. The van der Waals surface area contributed by atoms with Crippen LogP contribution in [-0.2, 0) is 32.0 Å². The number of nitrogens with two attached hydrogens (primary N) is 2. The molecular weight excluding hydrogens is 578 g/mol. The van der Waals surface area contributed by atoms with Crippen LogP contribution < -0.4 is 27.4 Å². The number of carbonyl (C=O) groups is 4. The maximum absolute atomic E-state index is 13.4. The number of nitrogens with one attached hydrogen (secondary N) is 5. The molecular formula is C32H41N7O6. The molecule has 5 unspecified atom stereocenters. The molecule has 0 aliphatic heterocycles. The van der Waals surface area contributed by atoms with Gasteiger partial charge in [0.2, 0.25) is 17.7 Å². The van der Waals surface area contributed by atoms with E-state index < -0.39 is 54.0 Å². The molecule has 45 heavy (non-hydrogen) atoms. The summed E-state index contributed by atoms with van der Waals surface area (Å²) in [4.78, 5) is 58.1. The molecule has 0 spiro atoms. The van der Waals surface area contributed by atoms with Gasteiger partial charge in [0, 0.05) is 40.6 Å². The van der Waals surface area contributed by atoms with Gasteiger partial charge in [-0.15, -0.1) is 0 Å². The van der Waals surface area contributed by atoms with Crippen molar-refractivity contribution in [2.24, 2.45) is 11.5 Å². The van der Waals surface area contributed by atoms with E-state index in [1.54, 1.807) is 12.4 Å². The second kappa shape index (κ2) is 15.3. The van der Waals surface area contributed by atoms with Crippen molar-refractivity contribution in [1.82, 2.24) is 25.9 Å². The van der Waals surface area contributed by atoms with Crippen LogP contribution in [0.15, 0.2) is 60.9 Å². The van der Waals surface area contributed by atoms with Crippen molar-refractivity contribution in [3.05, 3.63) is 72.1 Å². The normalized spacial score (nSPS) is 14.8. The van der Waals surface area contributed by atoms with Crippen LogP contribution in [0.1, 0.15) is 37.3 Å². The lowest BCUT2D eigenvalue weighted by Crippen LogP contribution is -2.60. The molecule has 13 nitrogen and oxygen atoms in total. The van der Waals surface area contributed by atoms with Gasteiger partial charge in [0.05, 0.1) is 12.1 Å². The first-order valence-electron chi connectivity index (χ1n) is 15.0. The van der Waals surface area contributed by atoms with Gasteiger partial charge >= 0.3 is 5.97 Å². The van der Waals surface area contributed by atoms with Gasteiger partial charge in [0.15, 0.2) is 0 Å². The Hall–Kier alpha value is -4.72. The van der Waals surface area contributed by atoms with Crippen LogP contribution in [0.25, 0.3) is 21.8 Å². The Kier molecular flexibility index (Phi) is 11.3. The topological polar surface area (TPSA) is 228 Å². The Balaban J connectivity index is 1.43. The van der Waals surface area contributed by atoms with E-state index >= 15 is 0 Å². The summed E-state index contributed by atoms with van der Waals surface area (Å²) in [6, 6.07) is 10.1. The van der Waals surface area contributed by atoms with Crippen molar-refractivity contribution < 1.29 is 29.4 Å². The van der Waals surface area contributed by atoms with Crippen molar-refractivity contribution in [2.45, 2.75) is 69.3 Å². The Bertz CT molecular complexity index is 1630. The summed E-state index contributed by atoms with van der Waals surface area (Å²) < 4.78 is 0. The van der Waals surface area contributed by atoms with Crippen LogP contribution in [0.4, 0.5) is 0 Å². The third-order valence-electron chi connectivity index (χ3n) is 7.81. The minimum atomic E-state index is -1.42. The summed E-state index contributed by atoms with van der Waals surface area (Å²) >= 11 is 0. The molecule has 11 N–H and O–H groups in total. The number of fused-ring (bicyclic) bond motifs is 2. The number of rotatable bonds is 16. The van der Waals surface area contributed by atoms with Crippen molar-refractivity contribution in [1.29, 1.82) is 0 Å². The number of unbranched alkanes of at least 4 members (excludes halogenated alkanes) is 1. The molecule has 4 aromatic rings. The summed E-state index contributed by atoms with van der Waals surface area (Å²) in [6.07, 6.45) is 3.53. The summed E-state index contributed by atoms with van der Waals surface area (Å²) in [5.41, 5.74) is 15.1. The van der Waals surface area contributed by atoms with E-state index in [1.807, 2.05) is 48.5 Å². The number of H-pyrrole nitrogens is 2. The van der Waals surface area contributed by atoms with Crippen LogP contribution in [0.3, 0.4) is 0 Å². The monoisotopic (exact) mass is 619 g/mol. The predicted octanol–water partition coefficient (Wildman–Crippen LogP) is 0.811. The molecule has 3 amide bonds. The van der Waals surface area contributed by atoms with E-state index in [2.05, 4.69) is 25.9 Å². The van der Waals surface area contributed by atoms with Crippen molar-refractivity contribution in [3.8, 4) is 0 Å². The molecule has 2 aromatic heterocycles. The van der Waals surface area contributed by atoms with Crippen molar-refractivity contribution >= 4 is 45.5 Å². The van der Waals surface area contributed by atoms with Gasteiger partial charge in [-0.25, -0.2) is 4.79 Å². The number of benzene rings is 2. The zero-order chi connectivity index (χ0) is 32.5. The number of amides is 3. The van der Waals surface area contributed by atoms with Crippen molar-refractivity contribution in [2.75, 3.05) is 6.54 Å². The van der Waals surface area contributed by atoms with E-state index in [-0.39, 0.29) is 19.3 Å². The van der Waals surface area contributed by atoms with Gasteiger partial charge in [-0.3, -0.25) is 14.4 Å². The number of carboxylic acids is 1. The van der Waals surface area contributed by atoms with Crippen LogP contribution in [0.5, 0.6) is 0 Å². The summed E-state index contributed by atoms with van der Waals surface area (Å²) in [6.45, 7) is 1.70. The highest BCUT2D eigenvalue weighted by atomic mass is 16.4. The third-order valence-corrected chi connectivity index (χ3v) is 7.81. The highest BCUT2D eigenvalue weighted by Gasteiger charge is 2.32. The van der Waals surface area contributed by atoms with Gasteiger partial charge in [0.25, 0.3) is 0 Å². The zero-order valence-corrected chi connectivity index (χ0v) is 25.1. The molecule has 0 aliphatic carbocycles. The summed E-state index contributed by atoms with van der Waals surface area (Å²) in [5.74, 6) is -3.41. The average Bonchev–Trinajstić information content (AvgIpc) is 3.62. The molecule has 2 heterocycles. The van der Waals surface area contributed by atoms with E-state index in [0.717, 1.165) is 27.4 Å². The van der Waals surface area contributed by atoms with Crippen LogP contribution in [0.2, 0.25) is 0 Å². The number of carbonyl (C=O) groups excluding carboxylic acids is 3. The molecule has 4 rings (SSSR count). The standard InChI is InChI=1S/C32H41N7O6/c1-18(40)28(39-29(41)23(34)14-19-16-35-24-10-4-2-8-21(19)24)31(43)37-26(12-6-7-13-33)30(42)38-27(32(44)45)15-20-17-36-25-11-5-3-9-22(20)25/h2-5,8-11,16-18,23,26-28,35-36,40H,6-7,12-15,33-34H2,1H3,(H,37,43)(H,38,42)(H,39,41)(H,44,45). The highest BCUT2D eigenvalue weighted by molar-refractivity contribution is 5.95. The molecule has 5 atom stereocenters. The molecule has 0 aliphatic rings. The SMILES string of the molecule is CC(O)C(NC(=O)C(N)Cc1c[nH]c2ccccc12)C(=O)NC(CCCCN)C(=O)NC(Cc1c[nH]c2ccccc12)C(=O)O. The number of hydrogen-bond acceptors (Lipinski definition) is 7. The Morgan fingerprint density at radius 2 is 1.33 bits per heavy atom. The fourth-order valence-corrected chi connectivity index (χ4v) is 5.31. The van der Waals surface area contributed by atoms with E-state index in [4.69, 9.17) is 11.5 Å². The smallest absolute Gasteiger partial charge is 0.326 e. The Labute approximate surface area is 260 Å². The Morgan fingerprint density at radius 3 is 1.89 bits per heavy atom. The number of aliphatic hydroxyl groups is 1. The summed E-state index contributed by atoms with van der Waals surface area (Å²) in [5, 5.41) is 29.7. The summed E-state index contributed by atoms with van der Waals surface area (Å²) in [7, 11) is 0. The minimum Gasteiger partial charge on any atom is -0.480 e. The number of hydrogen-bond donors (Lipinski definition) is 9. The van der Waals surface area contributed by atoms with Crippen molar-refractivity contribution in [3.63, 3.8) is 0 Å². The lowest BCUT2D eigenvalue weighted by Gasteiger charge is -2.26. The molecule has 2 aromatic carbocycles. The maximum Gasteiger partial charge on any atom is 0.326 e. The first kappa shape index (κ1) is 33.2. The molecule has 13 heteroatoms. The third kappa shape index (κ3) is 8.47. The first-order chi connectivity index (χ1) is 21.6. The second-order valence-electron chi connectivity index (χ2n) is 11.2. The van der Waals surface area contributed by atoms with Gasteiger partial charge < -0.3 is 47.6 Å². The van der Waals surface area contributed by atoms with Gasteiger partial charge in [-0.05, 0) is 62.4 Å².